The van der Waals surface area contributed by atoms with Gasteiger partial charge in [-0.25, -0.2) is 9.97 Å². The molecule has 0 unspecified atom stereocenters. The summed E-state index contributed by atoms with van der Waals surface area (Å²) in [5, 5.41) is 22.0. The van der Waals surface area contributed by atoms with Gasteiger partial charge in [-0.15, -0.1) is 0 Å². The molecule has 0 radical (unpaired) electrons. The van der Waals surface area contributed by atoms with E-state index in [-0.39, 0.29) is 47.1 Å². The van der Waals surface area contributed by atoms with Crippen LogP contribution in [0.25, 0.3) is 0 Å². The van der Waals surface area contributed by atoms with E-state index in [1.165, 1.54) is 11.8 Å². The van der Waals surface area contributed by atoms with Gasteiger partial charge in [0.25, 0.3) is 0 Å². The van der Waals surface area contributed by atoms with Crippen LogP contribution in [0, 0.1) is 5.92 Å². The maximum atomic E-state index is 12.3. The predicted octanol–water partition coefficient (Wildman–Crippen LogP) is -4.52. The van der Waals surface area contributed by atoms with Crippen LogP contribution in [0.2, 0.25) is 0 Å². The number of carbonyl (C=O) groups is 2. The summed E-state index contributed by atoms with van der Waals surface area (Å²) in [6.45, 7) is 4.98. The van der Waals surface area contributed by atoms with Crippen LogP contribution in [-0.2, 0) is 9.59 Å². The van der Waals surface area contributed by atoms with E-state index in [1.54, 1.807) is 6.20 Å². The zero-order valence-electron chi connectivity index (χ0n) is 17.2. The van der Waals surface area contributed by atoms with E-state index < -0.39 is 23.9 Å². The molecule has 0 spiro atoms. The summed E-state index contributed by atoms with van der Waals surface area (Å²) in [6.07, 6.45) is 1.09. The Labute approximate surface area is 200 Å². The van der Waals surface area contributed by atoms with Gasteiger partial charge in [-0.2, -0.15) is 0 Å². The van der Waals surface area contributed by atoms with Crippen LogP contribution in [0.5, 0.6) is 0 Å². The second-order valence-electron chi connectivity index (χ2n) is 7.62. The number of aliphatic carboxylic acids is 1. The second-order valence-corrected chi connectivity index (χ2v) is 8.70. The molecular formula is C18H23N6NaO4S. The summed E-state index contributed by atoms with van der Waals surface area (Å²) < 4.78 is 0. The molecule has 12 heteroatoms. The molecule has 1 amide bonds. The summed E-state index contributed by atoms with van der Waals surface area (Å²) in [7, 11) is 2.06. The number of amides is 1. The van der Waals surface area contributed by atoms with E-state index in [4.69, 9.17) is 5.73 Å². The van der Waals surface area contributed by atoms with Gasteiger partial charge < -0.3 is 35.4 Å². The van der Waals surface area contributed by atoms with Crippen LogP contribution in [0.3, 0.4) is 0 Å². The van der Waals surface area contributed by atoms with Crippen molar-refractivity contribution in [3.8, 4) is 0 Å². The van der Waals surface area contributed by atoms with E-state index in [9.17, 15) is 19.8 Å². The topological polar surface area (TPSA) is 139 Å². The van der Waals surface area contributed by atoms with E-state index in [2.05, 4.69) is 26.8 Å². The molecule has 0 saturated carbocycles. The molecule has 1 aromatic rings. The molecule has 0 aliphatic carbocycles. The molecular weight excluding hydrogens is 419 g/mol. The number of nitrogen functional groups attached to an aromatic ring is 1. The van der Waals surface area contributed by atoms with Crippen molar-refractivity contribution in [1.29, 1.82) is 0 Å². The number of thioether (sulfide) groups is 1. The van der Waals surface area contributed by atoms with Crippen molar-refractivity contribution in [2.45, 2.75) is 30.5 Å². The summed E-state index contributed by atoms with van der Waals surface area (Å²) in [5.41, 5.74) is 5.84. The third kappa shape index (κ3) is 4.06. The summed E-state index contributed by atoms with van der Waals surface area (Å²) in [4.78, 5) is 38.9. The second kappa shape index (κ2) is 9.01. The molecule has 10 nitrogen and oxygen atoms in total. The van der Waals surface area contributed by atoms with Crippen molar-refractivity contribution in [1.82, 2.24) is 19.8 Å². The summed E-state index contributed by atoms with van der Waals surface area (Å²) in [5.74, 6) is -1.54. The number of hydrogen-bond donors (Lipinski definition) is 2. The number of anilines is 2. The number of nitrogens with zero attached hydrogens (tertiary/aromatic N) is 5. The number of likely N-dealkylation sites (N-methyl/N-ethyl adjacent to an activating group) is 1. The van der Waals surface area contributed by atoms with Gasteiger partial charge in [0.15, 0.2) is 5.82 Å². The van der Waals surface area contributed by atoms with Crippen LogP contribution in [0.4, 0.5) is 11.6 Å². The Kier molecular flexibility index (Phi) is 7.00. The monoisotopic (exact) mass is 442 g/mol. The minimum absolute atomic E-state index is 0. The molecule has 2 saturated heterocycles. The van der Waals surface area contributed by atoms with Crippen molar-refractivity contribution in [3.05, 3.63) is 16.8 Å². The number of β-lactam (4-membered cyclic amide) rings is 1. The van der Waals surface area contributed by atoms with Crippen molar-refractivity contribution >= 4 is 35.3 Å². The Balaban J connectivity index is 0.00000256. The third-order valence-corrected chi connectivity index (χ3v) is 6.78. The first-order valence-corrected chi connectivity index (χ1v) is 10.3. The molecule has 0 aromatic carbocycles. The minimum atomic E-state index is -1.42. The molecule has 3 aliphatic heterocycles. The van der Waals surface area contributed by atoms with Crippen molar-refractivity contribution in [2.24, 2.45) is 5.92 Å². The molecule has 30 heavy (non-hydrogen) atoms. The number of aliphatic hydroxyl groups is 1. The molecule has 0 bridgehead atoms. The number of fused-ring (bicyclic) bond motifs is 1. The Morgan fingerprint density at radius 2 is 2.03 bits per heavy atom. The van der Waals surface area contributed by atoms with Crippen LogP contribution in [-0.4, -0.2) is 82.1 Å². The van der Waals surface area contributed by atoms with Gasteiger partial charge in [-0.3, -0.25) is 4.79 Å². The normalized spacial score (nSPS) is 25.0. The number of carboxylic acid groups (broad SMARTS) is 1. The van der Waals surface area contributed by atoms with E-state index in [0.29, 0.717) is 22.2 Å². The Bertz CT molecular complexity index is 889. The van der Waals surface area contributed by atoms with Gasteiger partial charge in [0.2, 0.25) is 5.91 Å². The third-order valence-electron chi connectivity index (χ3n) is 5.68. The molecule has 2 fully saturated rings. The number of piperazine rings is 1. The fourth-order valence-corrected chi connectivity index (χ4v) is 5.13. The quantitative estimate of drug-likeness (QED) is 0.339. The number of carbonyl (C=O) groups excluding carboxylic acids is 2. The first-order valence-electron chi connectivity index (χ1n) is 9.47. The zero-order chi connectivity index (χ0) is 20.9. The number of aromatic nitrogens is 2. The minimum Gasteiger partial charge on any atom is -0.543 e. The molecule has 4 rings (SSSR count). The van der Waals surface area contributed by atoms with Gasteiger partial charge in [0.1, 0.15) is 10.8 Å². The molecule has 4 heterocycles. The van der Waals surface area contributed by atoms with Crippen molar-refractivity contribution in [3.63, 3.8) is 0 Å². The average Bonchev–Trinajstić information content (AvgIpc) is 2.98. The Hall–Kier alpha value is -1.37. The summed E-state index contributed by atoms with van der Waals surface area (Å²) in [6, 6.07) is -0.382. The van der Waals surface area contributed by atoms with Gasteiger partial charge in [0, 0.05) is 37.5 Å². The SMILES string of the molecule is C[C@@H](O)[C@H]1C(=O)N2C(C(=O)[O-])=C(Sc3nc(N4CCN(C)CC4)cnc3N)C[C@H]12.[Na+]. The molecule has 1 aromatic heterocycles. The maximum Gasteiger partial charge on any atom is 1.00 e. The smallest absolute Gasteiger partial charge is 0.543 e. The van der Waals surface area contributed by atoms with Crippen LogP contribution >= 0.6 is 11.8 Å². The number of rotatable bonds is 5. The number of carboxylic acids is 1. The van der Waals surface area contributed by atoms with Crippen molar-refractivity contribution in [2.75, 3.05) is 43.9 Å². The van der Waals surface area contributed by atoms with E-state index in [1.807, 2.05) is 0 Å². The van der Waals surface area contributed by atoms with Crippen LogP contribution in [0.15, 0.2) is 21.8 Å². The predicted molar refractivity (Wildman–Crippen MR) is 104 cm³/mol. The van der Waals surface area contributed by atoms with Gasteiger partial charge >= 0.3 is 29.6 Å². The Morgan fingerprint density at radius 3 is 2.63 bits per heavy atom. The number of nitrogens with two attached hydrogens (primary N) is 1. The van der Waals surface area contributed by atoms with E-state index >= 15 is 0 Å². The maximum absolute atomic E-state index is 12.3. The first-order chi connectivity index (χ1) is 13.8. The van der Waals surface area contributed by atoms with Gasteiger partial charge in [0.05, 0.1) is 35.9 Å². The molecule has 3 atom stereocenters. The standard InChI is InChI=1S/C18H24N6O4S.Na/c1-9(25)13-10-7-11(14(18(27)28)24(10)17(13)26)29-16-15(19)20-8-12(21-16)23-5-3-22(2)4-6-23;/h8-10,13,25H,3-7H2,1-2H3,(H2,19,20)(H,27,28);/q;+1/p-1/t9-,10-,13-;/m1./s1. The van der Waals surface area contributed by atoms with E-state index in [0.717, 1.165) is 37.9 Å². The fraction of sp³-hybridized carbons (Fsp3) is 0.556. The van der Waals surface area contributed by atoms with Crippen LogP contribution < -0.4 is 45.3 Å². The summed E-state index contributed by atoms with van der Waals surface area (Å²) >= 11 is 1.10. The fourth-order valence-electron chi connectivity index (χ4n) is 4.06. The molecule has 156 valence electrons. The molecule has 3 aliphatic rings. The number of hydrogen-bond acceptors (Lipinski definition) is 10. The van der Waals surface area contributed by atoms with Crippen LogP contribution in [0.1, 0.15) is 13.3 Å². The Morgan fingerprint density at radius 1 is 1.37 bits per heavy atom. The largest absolute Gasteiger partial charge is 1.00 e. The van der Waals surface area contributed by atoms with Gasteiger partial charge in [-0.1, -0.05) is 11.8 Å². The van der Waals surface area contributed by atoms with Crippen molar-refractivity contribution < 1.29 is 49.4 Å². The van der Waals surface area contributed by atoms with Gasteiger partial charge in [-0.05, 0) is 14.0 Å². The first kappa shape index (κ1) is 23.3. The average molecular weight is 442 g/mol. The number of aliphatic hydroxyl groups excluding tert-OH is 1. The molecule has 3 N–H and O–H groups in total. The zero-order valence-corrected chi connectivity index (χ0v) is 20.1.